The second-order valence-electron chi connectivity index (χ2n) is 1.65. The van der Waals surface area contributed by atoms with E-state index in [-0.39, 0.29) is 17.7 Å². The van der Waals surface area contributed by atoms with E-state index in [0.29, 0.717) is 0 Å². The summed E-state index contributed by atoms with van der Waals surface area (Å²) < 4.78 is 4.74. The molecular formula is C6H5NO2S. The molecule has 1 amide bonds. The van der Waals surface area contributed by atoms with Gasteiger partial charge in [-0.15, -0.1) is 0 Å². The fourth-order valence-electron chi connectivity index (χ4n) is 0.574. The van der Waals surface area contributed by atoms with E-state index in [4.69, 9.17) is 4.74 Å². The van der Waals surface area contributed by atoms with Gasteiger partial charge in [-0.05, 0) is 19.1 Å². The van der Waals surface area contributed by atoms with E-state index in [2.05, 4.69) is 24.2 Å². The summed E-state index contributed by atoms with van der Waals surface area (Å²) in [4.78, 5) is 11.9. The Balaban J connectivity index is 2.79. The number of ether oxygens (including phenoxy) is 1. The van der Waals surface area contributed by atoms with Crippen LogP contribution in [0.25, 0.3) is 0 Å². The van der Waals surface area contributed by atoms with Gasteiger partial charge in [0.2, 0.25) is 0 Å². The van der Waals surface area contributed by atoms with Gasteiger partial charge in [-0.2, -0.15) is 4.90 Å². The second kappa shape index (κ2) is 2.67. The van der Waals surface area contributed by atoms with E-state index in [1.807, 2.05) is 0 Å². The Labute approximate surface area is 64.0 Å². The zero-order valence-electron chi connectivity index (χ0n) is 5.38. The minimum absolute atomic E-state index is 0.0213. The summed E-state index contributed by atoms with van der Waals surface area (Å²) in [6, 6.07) is 2.51. The molecule has 0 radical (unpaired) electrons. The Bertz CT molecular complexity index is 222. The predicted octanol–water partition coefficient (Wildman–Crippen LogP) is 0.111. The molecule has 0 aromatic heterocycles. The highest BCUT2D eigenvalue weighted by Crippen LogP contribution is 2.02. The van der Waals surface area contributed by atoms with Crippen molar-refractivity contribution >= 4 is 23.3 Å². The van der Waals surface area contributed by atoms with Crippen LogP contribution in [-0.2, 0) is 9.53 Å². The number of amides is 1. The van der Waals surface area contributed by atoms with Gasteiger partial charge in [-0.1, -0.05) is 5.92 Å². The Morgan fingerprint density at radius 2 is 2.50 bits per heavy atom. The molecule has 4 heteroatoms. The van der Waals surface area contributed by atoms with E-state index in [1.165, 1.54) is 0 Å². The fourth-order valence-corrected chi connectivity index (χ4v) is 0.781. The van der Waals surface area contributed by atoms with Crippen LogP contribution in [0.5, 0.6) is 0 Å². The Morgan fingerprint density at radius 1 is 1.80 bits per heavy atom. The van der Waals surface area contributed by atoms with Crippen molar-refractivity contribution in [3.63, 3.8) is 0 Å². The van der Waals surface area contributed by atoms with Gasteiger partial charge < -0.3 is 4.74 Å². The summed E-state index contributed by atoms with van der Waals surface area (Å²) in [6.07, 6.45) is 0. The van der Waals surface area contributed by atoms with Gasteiger partial charge in [0.15, 0.2) is 6.61 Å². The topological polar surface area (TPSA) is 29.5 Å². The van der Waals surface area contributed by atoms with Crippen LogP contribution >= 0.6 is 12.2 Å². The molecular weight excluding hydrogens is 150 g/mol. The molecule has 1 rings (SSSR count). The van der Waals surface area contributed by atoms with Crippen LogP contribution in [0, 0.1) is 12.0 Å². The van der Waals surface area contributed by atoms with E-state index >= 15 is 0 Å². The van der Waals surface area contributed by atoms with Crippen LogP contribution in [0.4, 0.5) is 0 Å². The third kappa shape index (κ3) is 1.09. The first-order chi connectivity index (χ1) is 4.75. The number of hydrogen-bond donors (Lipinski definition) is 0. The first-order valence-electron chi connectivity index (χ1n) is 2.68. The lowest BCUT2D eigenvalue weighted by Crippen LogP contribution is -2.22. The van der Waals surface area contributed by atoms with Gasteiger partial charge in [0.1, 0.15) is 0 Å². The van der Waals surface area contributed by atoms with Crippen LogP contribution in [0.3, 0.4) is 0 Å². The number of rotatable bonds is 0. The van der Waals surface area contributed by atoms with Crippen molar-refractivity contribution in [2.45, 2.75) is 6.92 Å². The van der Waals surface area contributed by atoms with Crippen LogP contribution in [-0.4, -0.2) is 22.6 Å². The molecule has 0 spiro atoms. The summed E-state index contributed by atoms with van der Waals surface area (Å²) in [6.45, 7) is 1.65. The van der Waals surface area contributed by atoms with Crippen LogP contribution < -0.4 is 0 Å². The smallest absolute Gasteiger partial charge is 0.279 e. The van der Waals surface area contributed by atoms with Crippen molar-refractivity contribution in [3.05, 3.63) is 0 Å². The van der Waals surface area contributed by atoms with Gasteiger partial charge >= 0.3 is 0 Å². The van der Waals surface area contributed by atoms with Crippen molar-refractivity contribution in [3.8, 4) is 12.0 Å². The monoisotopic (exact) mass is 155 g/mol. The molecule has 0 aromatic carbocycles. The van der Waals surface area contributed by atoms with Crippen molar-refractivity contribution in [1.82, 2.24) is 4.90 Å². The standard InChI is InChI=1S/C6H5NO2S/c1-2-3-7-5(8)4-9-6(7)10/h4H2,1H3. The molecule has 0 atom stereocenters. The lowest BCUT2D eigenvalue weighted by molar-refractivity contribution is -0.123. The number of carbonyl (C=O) groups is 1. The quantitative estimate of drug-likeness (QED) is 0.367. The molecule has 0 aliphatic carbocycles. The molecule has 1 fully saturated rings. The molecule has 52 valence electrons. The van der Waals surface area contributed by atoms with Gasteiger partial charge in [0.25, 0.3) is 11.1 Å². The number of nitrogens with zero attached hydrogens (tertiary/aromatic N) is 1. The van der Waals surface area contributed by atoms with Crippen LogP contribution in [0.15, 0.2) is 0 Å². The molecule has 10 heavy (non-hydrogen) atoms. The molecule has 0 unspecified atom stereocenters. The predicted molar refractivity (Wildman–Crippen MR) is 38.8 cm³/mol. The highest BCUT2D eigenvalue weighted by atomic mass is 32.1. The highest BCUT2D eigenvalue weighted by molar-refractivity contribution is 7.80. The lowest BCUT2D eigenvalue weighted by atomic mass is 10.6. The Hall–Kier alpha value is -1.08. The molecule has 0 bridgehead atoms. The summed E-state index contributed by atoms with van der Waals surface area (Å²) in [5.41, 5.74) is 0. The average molecular weight is 155 g/mol. The summed E-state index contributed by atoms with van der Waals surface area (Å²) in [5.74, 6) is 2.36. The minimum atomic E-state index is -0.195. The summed E-state index contributed by atoms with van der Waals surface area (Å²) in [7, 11) is 0. The lowest BCUT2D eigenvalue weighted by Gasteiger charge is -1.99. The second-order valence-corrected chi connectivity index (χ2v) is 1.99. The first kappa shape index (κ1) is 7.03. The average Bonchev–Trinajstić information content (AvgIpc) is 2.20. The van der Waals surface area contributed by atoms with E-state index < -0.39 is 0 Å². The van der Waals surface area contributed by atoms with Crippen molar-refractivity contribution in [2.75, 3.05) is 6.61 Å². The molecule has 0 aromatic rings. The molecule has 1 aliphatic heterocycles. The molecule has 0 N–H and O–H groups in total. The zero-order valence-corrected chi connectivity index (χ0v) is 6.20. The molecule has 3 nitrogen and oxygen atoms in total. The summed E-state index contributed by atoms with van der Waals surface area (Å²) in [5, 5.41) is 0.152. The molecule has 1 aliphatic rings. The SMILES string of the molecule is CC#CN1C(=O)COC1=S. The first-order valence-corrected chi connectivity index (χ1v) is 3.08. The van der Waals surface area contributed by atoms with Crippen LogP contribution in [0.2, 0.25) is 0 Å². The Kier molecular flexibility index (Phi) is 1.88. The van der Waals surface area contributed by atoms with E-state index in [0.717, 1.165) is 4.90 Å². The third-order valence-corrected chi connectivity index (χ3v) is 1.28. The number of carbonyl (C=O) groups excluding carboxylic acids is 1. The zero-order chi connectivity index (χ0) is 7.56. The van der Waals surface area contributed by atoms with Crippen molar-refractivity contribution < 1.29 is 9.53 Å². The third-order valence-electron chi connectivity index (χ3n) is 0.975. The van der Waals surface area contributed by atoms with Crippen LogP contribution in [0.1, 0.15) is 6.92 Å². The molecule has 0 saturated carbocycles. The Morgan fingerprint density at radius 3 is 2.90 bits per heavy atom. The number of thiocarbonyl (C=S) groups is 1. The molecule has 1 heterocycles. The van der Waals surface area contributed by atoms with E-state index in [1.54, 1.807) is 6.92 Å². The van der Waals surface area contributed by atoms with Gasteiger partial charge in [0.05, 0.1) is 0 Å². The maximum absolute atomic E-state index is 10.8. The van der Waals surface area contributed by atoms with Gasteiger partial charge in [0, 0.05) is 6.04 Å². The maximum Gasteiger partial charge on any atom is 0.279 e. The van der Waals surface area contributed by atoms with Gasteiger partial charge in [-0.25, -0.2) is 0 Å². The van der Waals surface area contributed by atoms with Gasteiger partial charge in [-0.3, -0.25) is 4.79 Å². The molecule has 1 saturated heterocycles. The van der Waals surface area contributed by atoms with E-state index in [9.17, 15) is 4.79 Å². The fraction of sp³-hybridized carbons (Fsp3) is 0.333. The van der Waals surface area contributed by atoms with Crippen molar-refractivity contribution in [1.29, 1.82) is 0 Å². The summed E-state index contributed by atoms with van der Waals surface area (Å²) >= 11 is 4.66. The van der Waals surface area contributed by atoms with Crippen molar-refractivity contribution in [2.24, 2.45) is 0 Å². The minimum Gasteiger partial charge on any atom is -0.460 e. The maximum atomic E-state index is 10.8. The normalized spacial score (nSPS) is 16.3. The number of hydrogen-bond acceptors (Lipinski definition) is 3. The largest absolute Gasteiger partial charge is 0.460 e. The highest BCUT2D eigenvalue weighted by Gasteiger charge is 2.25.